The Morgan fingerprint density at radius 1 is 0.879 bits per heavy atom. The van der Waals surface area contributed by atoms with Gasteiger partial charge in [0.05, 0.1) is 16.1 Å². The number of carbonyl (C=O) groups excluding carboxylic acids is 1. The van der Waals surface area contributed by atoms with Crippen molar-refractivity contribution in [2.75, 3.05) is 17.4 Å². The monoisotopic (exact) mass is 476 g/mol. The van der Waals surface area contributed by atoms with E-state index in [4.69, 9.17) is 0 Å². The van der Waals surface area contributed by atoms with Gasteiger partial charge in [-0.25, -0.2) is 8.42 Å². The van der Waals surface area contributed by atoms with Crippen LogP contribution < -0.4 is 9.62 Å². The Labute approximate surface area is 190 Å². The second-order valence-electron chi connectivity index (χ2n) is 7.31. The van der Waals surface area contributed by atoms with Gasteiger partial charge in [0.25, 0.3) is 10.0 Å². The van der Waals surface area contributed by atoms with Crippen molar-refractivity contribution >= 4 is 21.6 Å². The van der Waals surface area contributed by atoms with Crippen LogP contribution in [0.5, 0.6) is 0 Å². The van der Waals surface area contributed by atoms with E-state index in [0.29, 0.717) is 17.3 Å². The quantitative estimate of drug-likeness (QED) is 0.457. The summed E-state index contributed by atoms with van der Waals surface area (Å²) in [6.45, 7) is -0.348. The van der Waals surface area contributed by atoms with E-state index in [-0.39, 0.29) is 10.6 Å². The maximum atomic E-state index is 13.2. The molecule has 0 unspecified atom stereocenters. The Kier molecular flexibility index (Phi) is 7.75. The Balaban J connectivity index is 1.78. The molecule has 33 heavy (non-hydrogen) atoms. The van der Waals surface area contributed by atoms with E-state index in [0.717, 1.165) is 30.2 Å². The second-order valence-corrected chi connectivity index (χ2v) is 9.17. The van der Waals surface area contributed by atoms with Gasteiger partial charge in [-0.2, -0.15) is 13.2 Å². The smallest absolute Gasteiger partial charge is 0.355 e. The Bertz CT molecular complexity index is 1170. The summed E-state index contributed by atoms with van der Waals surface area (Å²) in [5, 5.41) is 2.65. The molecule has 0 saturated heterocycles. The maximum Gasteiger partial charge on any atom is 0.416 e. The topological polar surface area (TPSA) is 66.5 Å². The van der Waals surface area contributed by atoms with Crippen molar-refractivity contribution in [3.05, 3.63) is 96.1 Å². The van der Waals surface area contributed by atoms with Gasteiger partial charge in [-0.15, -0.1) is 0 Å². The third-order valence-corrected chi connectivity index (χ3v) is 6.68. The fraction of sp³-hybridized carbons (Fsp3) is 0.208. The number of aryl methyl sites for hydroxylation is 1. The molecule has 1 N–H and O–H groups in total. The number of halogens is 3. The first-order chi connectivity index (χ1) is 15.7. The van der Waals surface area contributed by atoms with Crippen LogP contribution in [0, 0.1) is 0 Å². The SMILES string of the molecule is O=C(CN(c1cccc(C(F)(F)F)c1)S(=O)(=O)c1ccccc1)NCCCc1ccccc1. The van der Waals surface area contributed by atoms with Gasteiger partial charge in [-0.3, -0.25) is 9.10 Å². The largest absolute Gasteiger partial charge is 0.416 e. The molecule has 0 heterocycles. The normalized spacial score (nSPS) is 11.7. The lowest BCUT2D eigenvalue weighted by atomic mass is 10.1. The van der Waals surface area contributed by atoms with Gasteiger partial charge in [-0.1, -0.05) is 54.6 Å². The number of hydrogen-bond donors (Lipinski definition) is 1. The lowest BCUT2D eigenvalue weighted by Crippen LogP contribution is -2.41. The third-order valence-electron chi connectivity index (χ3n) is 4.89. The summed E-state index contributed by atoms with van der Waals surface area (Å²) in [4.78, 5) is 12.4. The summed E-state index contributed by atoms with van der Waals surface area (Å²) in [6, 6.07) is 20.8. The molecule has 0 bridgehead atoms. The van der Waals surface area contributed by atoms with Gasteiger partial charge in [0.1, 0.15) is 6.54 Å². The fourth-order valence-electron chi connectivity index (χ4n) is 3.22. The molecule has 5 nitrogen and oxygen atoms in total. The van der Waals surface area contributed by atoms with E-state index in [1.54, 1.807) is 6.07 Å². The molecule has 0 aliphatic heterocycles. The van der Waals surface area contributed by atoms with Crippen LogP contribution in [-0.4, -0.2) is 27.4 Å². The first kappa shape index (κ1) is 24.3. The van der Waals surface area contributed by atoms with E-state index >= 15 is 0 Å². The first-order valence-corrected chi connectivity index (χ1v) is 11.7. The van der Waals surface area contributed by atoms with Crippen LogP contribution in [0.25, 0.3) is 0 Å². The van der Waals surface area contributed by atoms with Gasteiger partial charge in [0.2, 0.25) is 5.91 Å². The van der Waals surface area contributed by atoms with E-state index in [1.165, 1.54) is 30.3 Å². The van der Waals surface area contributed by atoms with Crippen LogP contribution >= 0.6 is 0 Å². The fourth-order valence-corrected chi connectivity index (χ4v) is 4.66. The molecule has 0 aliphatic rings. The van der Waals surface area contributed by atoms with Gasteiger partial charge in [0, 0.05) is 6.54 Å². The Morgan fingerprint density at radius 2 is 1.52 bits per heavy atom. The summed E-state index contributed by atoms with van der Waals surface area (Å²) < 4.78 is 66.8. The van der Waals surface area contributed by atoms with Gasteiger partial charge in [-0.05, 0) is 48.7 Å². The molecule has 3 rings (SSSR count). The third kappa shape index (κ3) is 6.58. The highest BCUT2D eigenvalue weighted by Crippen LogP contribution is 2.33. The van der Waals surface area contributed by atoms with Crippen molar-refractivity contribution in [3.63, 3.8) is 0 Å². The lowest BCUT2D eigenvalue weighted by Gasteiger charge is -2.25. The van der Waals surface area contributed by atoms with Crippen LogP contribution in [0.2, 0.25) is 0 Å². The predicted molar refractivity (Wildman–Crippen MR) is 120 cm³/mol. The number of carbonyl (C=O) groups is 1. The van der Waals surface area contributed by atoms with Gasteiger partial charge >= 0.3 is 6.18 Å². The Hall–Kier alpha value is -3.33. The number of hydrogen-bond acceptors (Lipinski definition) is 3. The summed E-state index contributed by atoms with van der Waals surface area (Å²) >= 11 is 0. The highest BCUT2D eigenvalue weighted by Gasteiger charge is 2.33. The molecule has 0 aliphatic carbocycles. The molecule has 0 aromatic heterocycles. The summed E-state index contributed by atoms with van der Waals surface area (Å²) in [6.07, 6.45) is -3.30. The minimum atomic E-state index is -4.65. The van der Waals surface area contributed by atoms with Crippen molar-refractivity contribution in [2.24, 2.45) is 0 Å². The molecule has 174 valence electrons. The van der Waals surface area contributed by atoms with Gasteiger partial charge in [0.15, 0.2) is 0 Å². The average Bonchev–Trinajstić information content (AvgIpc) is 2.81. The number of amides is 1. The van der Waals surface area contributed by atoms with Crippen molar-refractivity contribution in [1.82, 2.24) is 5.32 Å². The highest BCUT2D eigenvalue weighted by atomic mass is 32.2. The van der Waals surface area contributed by atoms with Crippen LogP contribution in [0.1, 0.15) is 17.5 Å². The van der Waals surface area contributed by atoms with Crippen molar-refractivity contribution in [3.8, 4) is 0 Å². The van der Waals surface area contributed by atoms with Crippen LogP contribution in [0.4, 0.5) is 18.9 Å². The van der Waals surface area contributed by atoms with Crippen molar-refractivity contribution in [1.29, 1.82) is 0 Å². The molecule has 3 aromatic rings. The zero-order chi connectivity index (χ0) is 23.9. The van der Waals surface area contributed by atoms with Gasteiger partial charge < -0.3 is 5.32 Å². The molecule has 1 amide bonds. The summed E-state index contributed by atoms with van der Waals surface area (Å²) in [5.74, 6) is -0.611. The molecule has 0 spiro atoms. The molecule has 3 aromatic carbocycles. The van der Waals surface area contributed by atoms with E-state index < -0.39 is 34.2 Å². The number of alkyl halides is 3. The number of sulfonamides is 1. The molecule has 0 radical (unpaired) electrons. The molecular weight excluding hydrogens is 453 g/mol. The number of nitrogens with zero attached hydrogens (tertiary/aromatic N) is 1. The minimum absolute atomic E-state index is 0.126. The summed E-state index contributed by atoms with van der Waals surface area (Å²) in [5.41, 5.74) is -0.145. The average molecular weight is 477 g/mol. The van der Waals surface area contributed by atoms with E-state index in [2.05, 4.69) is 5.32 Å². The van der Waals surface area contributed by atoms with E-state index in [9.17, 15) is 26.4 Å². The minimum Gasteiger partial charge on any atom is -0.355 e. The summed E-state index contributed by atoms with van der Waals surface area (Å²) in [7, 11) is -4.28. The standard InChI is InChI=1S/C24H23F3N2O3S/c25-24(26,27)20-12-7-13-21(17-20)29(33(31,32)22-14-5-2-6-15-22)18-23(30)28-16-8-11-19-9-3-1-4-10-19/h1-7,9-10,12-15,17H,8,11,16,18H2,(H,28,30). The molecule has 9 heteroatoms. The van der Waals surface area contributed by atoms with Crippen molar-refractivity contribution < 1.29 is 26.4 Å². The number of nitrogens with one attached hydrogen (secondary N) is 1. The Morgan fingerprint density at radius 3 is 2.15 bits per heavy atom. The number of benzene rings is 3. The number of rotatable bonds is 9. The zero-order valence-electron chi connectivity index (χ0n) is 17.6. The second kappa shape index (κ2) is 10.5. The molecule has 0 fully saturated rings. The molecule has 0 atom stereocenters. The van der Waals surface area contributed by atoms with E-state index in [1.807, 2.05) is 30.3 Å². The highest BCUT2D eigenvalue weighted by molar-refractivity contribution is 7.92. The molecule has 0 saturated carbocycles. The van der Waals surface area contributed by atoms with Crippen LogP contribution in [0.15, 0.2) is 89.8 Å². The number of anilines is 1. The molecular formula is C24H23F3N2O3S. The van der Waals surface area contributed by atoms with Crippen LogP contribution in [0.3, 0.4) is 0 Å². The zero-order valence-corrected chi connectivity index (χ0v) is 18.4. The maximum absolute atomic E-state index is 13.2. The van der Waals surface area contributed by atoms with Crippen LogP contribution in [-0.2, 0) is 27.4 Å². The van der Waals surface area contributed by atoms with Crippen molar-refractivity contribution in [2.45, 2.75) is 23.9 Å². The predicted octanol–water partition coefficient (Wildman–Crippen LogP) is 4.65. The first-order valence-electron chi connectivity index (χ1n) is 10.2. The lowest BCUT2D eigenvalue weighted by molar-refractivity contribution is -0.137.